The number of carbonyl (C=O) groups excluding carboxylic acids is 2. The number of nitrogens with zero attached hydrogens (tertiary/aromatic N) is 1. The summed E-state index contributed by atoms with van der Waals surface area (Å²) < 4.78 is 5.74. The van der Waals surface area contributed by atoms with Crippen LogP contribution < -0.4 is 10.1 Å². The topological polar surface area (TPSA) is 58.6 Å². The summed E-state index contributed by atoms with van der Waals surface area (Å²) in [5.41, 5.74) is 2.00. The van der Waals surface area contributed by atoms with Crippen LogP contribution >= 0.6 is 11.6 Å². The molecule has 3 rings (SSSR count). The van der Waals surface area contributed by atoms with Gasteiger partial charge in [-0.15, -0.1) is 0 Å². The predicted octanol–water partition coefficient (Wildman–Crippen LogP) is 4.68. The van der Waals surface area contributed by atoms with Crippen LogP contribution in [-0.4, -0.2) is 43.0 Å². The van der Waals surface area contributed by atoms with Gasteiger partial charge in [0.25, 0.3) is 5.91 Å². The molecule has 0 aromatic heterocycles. The Balaban J connectivity index is 1.37. The number of hydrogen-bond donors (Lipinski definition) is 1. The number of rotatable bonds is 6. The Kier molecular flexibility index (Phi) is 7.60. The van der Waals surface area contributed by atoms with Crippen LogP contribution in [0.3, 0.4) is 0 Å². The van der Waals surface area contributed by atoms with Crippen molar-refractivity contribution >= 4 is 23.4 Å². The first kappa shape index (κ1) is 23.1. The third-order valence-corrected chi connectivity index (χ3v) is 5.89. The van der Waals surface area contributed by atoms with Gasteiger partial charge in [-0.25, -0.2) is 0 Å². The Hall–Kier alpha value is -2.53. The zero-order chi connectivity index (χ0) is 22.4. The normalized spacial score (nSPS) is 14.9. The molecule has 0 bridgehead atoms. The Morgan fingerprint density at radius 2 is 1.65 bits per heavy atom. The lowest BCUT2D eigenvalue weighted by atomic mass is 9.87. The SMILES string of the molecule is CC(C)(C)c1ccc(OCCNC(=O)C2CCN(C(=O)c3ccc(Cl)cc3)CC2)cc1. The van der Waals surface area contributed by atoms with Crippen molar-refractivity contribution in [3.8, 4) is 5.75 Å². The van der Waals surface area contributed by atoms with Crippen LogP contribution in [0.4, 0.5) is 0 Å². The van der Waals surface area contributed by atoms with Gasteiger partial charge >= 0.3 is 0 Å². The van der Waals surface area contributed by atoms with E-state index >= 15 is 0 Å². The van der Waals surface area contributed by atoms with Gasteiger partial charge in [-0.2, -0.15) is 0 Å². The summed E-state index contributed by atoms with van der Waals surface area (Å²) in [7, 11) is 0. The minimum absolute atomic E-state index is 0.0126. The van der Waals surface area contributed by atoms with Crippen molar-refractivity contribution in [1.29, 1.82) is 0 Å². The lowest BCUT2D eigenvalue weighted by molar-refractivity contribution is -0.126. The predicted molar refractivity (Wildman–Crippen MR) is 124 cm³/mol. The summed E-state index contributed by atoms with van der Waals surface area (Å²) in [6, 6.07) is 15.0. The molecule has 0 spiro atoms. The Morgan fingerprint density at radius 1 is 1.03 bits per heavy atom. The van der Waals surface area contributed by atoms with Crippen LogP contribution in [0.5, 0.6) is 5.75 Å². The zero-order valence-electron chi connectivity index (χ0n) is 18.5. The Labute approximate surface area is 189 Å². The molecule has 1 aliphatic rings. The van der Waals surface area contributed by atoms with Crippen molar-refractivity contribution in [2.45, 2.75) is 39.0 Å². The number of nitrogens with one attached hydrogen (secondary N) is 1. The highest BCUT2D eigenvalue weighted by Crippen LogP contribution is 2.24. The standard InChI is InChI=1S/C25H31ClN2O3/c1-25(2,3)20-6-10-22(11-7-20)31-17-14-27-23(29)18-12-15-28(16-13-18)24(30)19-4-8-21(26)9-5-19/h4-11,18H,12-17H2,1-3H3,(H,27,29). The third-order valence-electron chi connectivity index (χ3n) is 5.63. The summed E-state index contributed by atoms with van der Waals surface area (Å²) in [6.07, 6.45) is 1.33. The van der Waals surface area contributed by atoms with E-state index in [-0.39, 0.29) is 23.1 Å². The van der Waals surface area contributed by atoms with Crippen LogP contribution in [0.1, 0.15) is 49.5 Å². The van der Waals surface area contributed by atoms with Gasteiger partial charge in [0.05, 0.1) is 6.54 Å². The number of carbonyl (C=O) groups is 2. The number of benzene rings is 2. The van der Waals surface area contributed by atoms with Crippen LogP contribution in [0.25, 0.3) is 0 Å². The van der Waals surface area contributed by atoms with Gasteiger partial charge in [-0.3, -0.25) is 9.59 Å². The molecule has 5 nitrogen and oxygen atoms in total. The second-order valence-corrected chi connectivity index (χ2v) is 9.42. The second-order valence-electron chi connectivity index (χ2n) is 8.99. The van der Waals surface area contributed by atoms with Crippen LogP contribution in [0.2, 0.25) is 5.02 Å². The molecule has 0 atom stereocenters. The van der Waals surface area contributed by atoms with Crippen molar-refractivity contribution in [1.82, 2.24) is 10.2 Å². The molecule has 1 aliphatic heterocycles. The van der Waals surface area contributed by atoms with Crippen molar-refractivity contribution in [2.75, 3.05) is 26.2 Å². The highest BCUT2D eigenvalue weighted by Gasteiger charge is 2.27. The van der Waals surface area contributed by atoms with Gasteiger partial charge in [0.1, 0.15) is 12.4 Å². The third kappa shape index (κ3) is 6.47. The van der Waals surface area contributed by atoms with E-state index in [1.807, 2.05) is 12.1 Å². The number of halogens is 1. The first-order chi connectivity index (χ1) is 14.7. The molecule has 31 heavy (non-hydrogen) atoms. The highest BCUT2D eigenvalue weighted by atomic mass is 35.5. The average Bonchev–Trinajstić information content (AvgIpc) is 2.76. The maximum Gasteiger partial charge on any atom is 0.253 e. The summed E-state index contributed by atoms with van der Waals surface area (Å²) in [4.78, 5) is 26.8. The van der Waals surface area contributed by atoms with E-state index in [9.17, 15) is 9.59 Å². The fraction of sp³-hybridized carbons (Fsp3) is 0.440. The van der Waals surface area contributed by atoms with E-state index in [4.69, 9.17) is 16.3 Å². The van der Waals surface area contributed by atoms with Crippen LogP contribution in [-0.2, 0) is 10.2 Å². The first-order valence-electron chi connectivity index (χ1n) is 10.8. The minimum atomic E-state index is -0.0691. The van der Waals surface area contributed by atoms with E-state index < -0.39 is 0 Å². The molecular formula is C25H31ClN2O3. The summed E-state index contributed by atoms with van der Waals surface area (Å²) in [6.45, 7) is 8.58. The maximum atomic E-state index is 12.6. The molecule has 2 aromatic rings. The number of ether oxygens (including phenoxy) is 1. The lowest BCUT2D eigenvalue weighted by Gasteiger charge is -2.31. The number of likely N-dealkylation sites (tertiary alicyclic amines) is 1. The number of amides is 2. The quantitative estimate of drug-likeness (QED) is 0.660. The fourth-order valence-electron chi connectivity index (χ4n) is 3.66. The van der Waals surface area contributed by atoms with Crippen molar-refractivity contribution in [3.63, 3.8) is 0 Å². The van der Waals surface area contributed by atoms with E-state index in [0.717, 1.165) is 5.75 Å². The van der Waals surface area contributed by atoms with Gasteiger partial charge in [0.15, 0.2) is 0 Å². The molecule has 0 saturated carbocycles. The van der Waals surface area contributed by atoms with Gasteiger partial charge in [0.2, 0.25) is 5.91 Å². The van der Waals surface area contributed by atoms with E-state index in [1.54, 1.807) is 29.2 Å². The first-order valence-corrected chi connectivity index (χ1v) is 11.2. The van der Waals surface area contributed by atoms with Gasteiger partial charge in [-0.1, -0.05) is 44.5 Å². The van der Waals surface area contributed by atoms with Gasteiger partial charge in [0, 0.05) is 29.6 Å². The second kappa shape index (κ2) is 10.2. The van der Waals surface area contributed by atoms with Crippen LogP contribution in [0, 0.1) is 5.92 Å². The van der Waals surface area contributed by atoms with Crippen LogP contribution in [0.15, 0.2) is 48.5 Å². The van der Waals surface area contributed by atoms with E-state index in [2.05, 4.69) is 38.2 Å². The molecule has 6 heteroatoms. The molecule has 0 radical (unpaired) electrons. The molecule has 1 N–H and O–H groups in total. The Bertz CT molecular complexity index is 880. The van der Waals surface area contributed by atoms with E-state index in [1.165, 1.54) is 5.56 Å². The largest absolute Gasteiger partial charge is 0.492 e. The van der Waals surface area contributed by atoms with E-state index in [0.29, 0.717) is 49.7 Å². The number of hydrogen-bond acceptors (Lipinski definition) is 3. The smallest absolute Gasteiger partial charge is 0.253 e. The molecule has 166 valence electrons. The van der Waals surface area contributed by atoms with Gasteiger partial charge in [-0.05, 0) is 60.2 Å². The highest BCUT2D eigenvalue weighted by molar-refractivity contribution is 6.30. The molecular weight excluding hydrogens is 412 g/mol. The zero-order valence-corrected chi connectivity index (χ0v) is 19.2. The molecule has 1 heterocycles. The van der Waals surface area contributed by atoms with Crippen molar-refractivity contribution < 1.29 is 14.3 Å². The fourth-order valence-corrected chi connectivity index (χ4v) is 3.78. The summed E-state index contributed by atoms with van der Waals surface area (Å²) in [5.74, 6) is 0.753. The van der Waals surface area contributed by atoms with Crippen molar-refractivity contribution in [3.05, 3.63) is 64.7 Å². The summed E-state index contributed by atoms with van der Waals surface area (Å²) >= 11 is 5.89. The monoisotopic (exact) mass is 442 g/mol. The summed E-state index contributed by atoms with van der Waals surface area (Å²) in [5, 5.41) is 3.57. The Morgan fingerprint density at radius 3 is 2.23 bits per heavy atom. The number of piperidine rings is 1. The molecule has 1 fully saturated rings. The van der Waals surface area contributed by atoms with Gasteiger partial charge < -0.3 is 15.0 Å². The molecule has 2 aromatic carbocycles. The lowest BCUT2D eigenvalue weighted by Crippen LogP contribution is -2.43. The van der Waals surface area contributed by atoms with Crippen molar-refractivity contribution in [2.24, 2.45) is 5.92 Å². The average molecular weight is 443 g/mol. The molecule has 0 unspecified atom stereocenters. The molecule has 1 saturated heterocycles. The maximum absolute atomic E-state index is 12.6. The molecule has 0 aliphatic carbocycles. The minimum Gasteiger partial charge on any atom is -0.492 e. The molecule has 2 amide bonds.